The molecule has 0 saturated carbocycles. The minimum Gasteiger partial charge on any atom is -0.474 e. The first-order valence-electron chi connectivity index (χ1n) is 5.77. The molecule has 0 heterocycles. The van der Waals surface area contributed by atoms with Crippen LogP contribution in [0.5, 0.6) is 0 Å². The second kappa shape index (κ2) is 11.7. The van der Waals surface area contributed by atoms with E-state index in [1.165, 1.54) is 0 Å². The van der Waals surface area contributed by atoms with Gasteiger partial charge in [-0.3, -0.25) is 0 Å². The van der Waals surface area contributed by atoms with Crippen LogP contribution in [0.3, 0.4) is 0 Å². The van der Waals surface area contributed by atoms with Gasteiger partial charge in [-0.25, -0.2) is 0 Å². The normalized spacial score (nSPS) is 10.8. The first kappa shape index (κ1) is 19.9. The van der Waals surface area contributed by atoms with E-state index in [2.05, 4.69) is 0 Å². The molecule has 0 aliphatic carbocycles. The van der Waals surface area contributed by atoms with E-state index in [0.717, 1.165) is 12.8 Å². The molecule has 0 rings (SSSR count). The van der Waals surface area contributed by atoms with Crippen LogP contribution in [0.25, 0.3) is 0 Å². The van der Waals surface area contributed by atoms with Crippen molar-refractivity contribution in [1.82, 2.24) is 0 Å². The average Bonchev–Trinajstić information content (AvgIpc) is 2.18. The van der Waals surface area contributed by atoms with Crippen LogP contribution in [-0.2, 0) is 17.7 Å². The molecular weight excluding hydrogens is 251 g/mol. The zero-order chi connectivity index (χ0) is 12.4. The van der Waals surface area contributed by atoms with Crippen molar-refractivity contribution in [3.63, 3.8) is 0 Å². The van der Waals surface area contributed by atoms with E-state index in [1.807, 2.05) is 27.7 Å². The first-order chi connectivity index (χ1) is 7.64. The first-order valence-corrected chi connectivity index (χ1v) is 7.81. The van der Waals surface area contributed by atoms with Gasteiger partial charge in [-0.15, -0.1) is 0 Å². The number of hydrogen-bond acceptors (Lipinski definition) is 5. The minimum atomic E-state index is -3.04. The molecule has 0 spiro atoms. The molecule has 0 aromatic heterocycles. The van der Waals surface area contributed by atoms with Gasteiger partial charge in [-0.2, -0.15) is 0 Å². The summed E-state index contributed by atoms with van der Waals surface area (Å²) in [7, 11) is -3.04. The van der Waals surface area contributed by atoms with Crippen molar-refractivity contribution in [3.8, 4) is 0 Å². The van der Waals surface area contributed by atoms with Crippen molar-refractivity contribution in [2.75, 3.05) is 19.8 Å². The Morgan fingerprint density at radius 1 is 0.941 bits per heavy atom. The maximum Gasteiger partial charge on any atom is 0.750 e. The molecule has 0 aromatic rings. The van der Waals surface area contributed by atoms with Gasteiger partial charge in [0, 0.05) is 45.1 Å². The Hall–Kier alpha value is 0.584. The SMILES string of the molecule is CCCC(=S)O[Si](OCC)(OCC)OCC.[Li]. The Labute approximate surface area is 123 Å². The molecule has 0 unspecified atom stereocenters. The summed E-state index contributed by atoms with van der Waals surface area (Å²) in [5.41, 5.74) is 0. The van der Waals surface area contributed by atoms with Gasteiger partial charge in [0.1, 0.15) is 0 Å². The predicted molar refractivity (Wildman–Crippen MR) is 75.0 cm³/mol. The summed E-state index contributed by atoms with van der Waals surface area (Å²) >= 11 is 5.12. The summed E-state index contributed by atoms with van der Waals surface area (Å²) in [6, 6.07) is 0. The van der Waals surface area contributed by atoms with Crippen LogP contribution in [0.15, 0.2) is 0 Å². The smallest absolute Gasteiger partial charge is 0.474 e. The topological polar surface area (TPSA) is 36.9 Å². The molecule has 0 bridgehead atoms. The average molecular weight is 273 g/mol. The molecule has 0 aliphatic rings. The van der Waals surface area contributed by atoms with Crippen LogP contribution in [-0.4, -0.2) is 52.8 Å². The van der Waals surface area contributed by atoms with Crippen molar-refractivity contribution in [1.29, 1.82) is 0 Å². The monoisotopic (exact) mass is 273 g/mol. The predicted octanol–water partition coefficient (Wildman–Crippen LogP) is 2.29. The molecule has 0 N–H and O–H groups in total. The summed E-state index contributed by atoms with van der Waals surface area (Å²) < 4.78 is 22.1. The number of thiocarbonyl (C=S) groups is 1. The molecule has 7 heteroatoms. The maximum absolute atomic E-state index is 5.60. The van der Waals surface area contributed by atoms with E-state index in [1.54, 1.807) is 0 Å². The summed E-state index contributed by atoms with van der Waals surface area (Å²) in [6.45, 7) is 9.15. The molecule has 0 atom stereocenters. The van der Waals surface area contributed by atoms with Crippen molar-refractivity contribution in [2.45, 2.75) is 40.5 Å². The zero-order valence-corrected chi connectivity index (χ0v) is 13.4. The second-order valence-corrected chi connectivity index (χ2v) is 5.55. The van der Waals surface area contributed by atoms with Crippen LogP contribution in [0, 0.1) is 0 Å². The quantitative estimate of drug-likeness (QED) is 0.476. The van der Waals surface area contributed by atoms with E-state index in [-0.39, 0.29) is 18.9 Å². The molecule has 0 amide bonds. The van der Waals surface area contributed by atoms with Crippen LogP contribution >= 0.6 is 12.2 Å². The van der Waals surface area contributed by atoms with Crippen molar-refractivity contribution in [2.24, 2.45) is 0 Å². The molecule has 0 saturated heterocycles. The molecular formula is C10H22LiO4SSi. The molecule has 0 aromatic carbocycles. The maximum atomic E-state index is 5.60. The Balaban J connectivity index is 0. The standard InChI is InChI=1S/C10H22O4SSi.Li/c1-5-9-10(15)14-16(11-6-2,12-7-3)13-8-4;/h5-9H2,1-4H3;. The summed E-state index contributed by atoms with van der Waals surface area (Å²) in [5, 5.41) is 0.504. The van der Waals surface area contributed by atoms with Gasteiger partial charge in [0.05, 0.1) is 0 Å². The second-order valence-electron chi connectivity index (χ2n) is 3.02. The van der Waals surface area contributed by atoms with Crippen LogP contribution in [0.2, 0.25) is 0 Å². The van der Waals surface area contributed by atoms with Crippen LogP contribution in [0.1, 0.15) is 40.5 Å². The van der Waals surface area contributed by atoms with Gasteiger partial charge in [0.25, 0.3) is 0 Å². The third-order valence-electron chi connectivity index (χ3n) is 1.66. The summed E-state index contributed by atoms with van der Waals surface area (Å²) in [6.07, 6.45) is 1.66. The molecule has 97 valence electrons. The van der Waals surface area contributed by atoms with Crippen LogP contribution < -0.4 is 0 Å². The van der Waals surface area contributed by atoms with Gasteiger partial charge in [0.2, 0.25) is 0 Å². The van der Waals surface area contributed by atoms with E-state index < -0.39 is 9.05 Å². The molecule has 0 fully saturated rings. The zero-order valence-electron chi connectivity index (χ0n) is 11.6. The van der Waals surface area contributed by atoms with E-state index >= 15 is 0 Å². The Bertz CT molecular complexity index is 190. The number of hydrogen-bond donors (Lipinski definition) is 0. The fourth-order valence-corrected chi connectivity index (χ4v) is 3.52. The minimum absolute atomic E-state index is 0. The Morgan fingerprint density at radius 3 is 1.65 bits per heavy atom. The summed E-state index contributed by atoms with van der Waals surface area (Å²) in [5.74, 6) is 0. The molecule has 1 radical (unpaired) electrons. The Morgan fingerprint density at radius 2 is 1.35 bits per heavy atom. The van der Waals surface area contributed by atoms with E-state index in [4.69, 9.17) is 29.9 Å². The van der Waals surface area contributed by atoms with Crippen molar-refractivity contribution < 1.29 is 17.7 Å². The van der Waals surface area contributed by atoms with Gasteiger partial charge in [-0.1, -0.05) is 6.92 Å². The number of rotatable bonds is 9. The summed E-state index contributed by atoms with van der Waals surface area (Å²) in [4.78, 5) is 0. The van der Waals surface area contributed by atoms with E-state index in [0.29, 0.717) is 24.9 Å². The van der Waals surface area contributed by atoms with Crippen LogP contribution in [0.4, 0.5) is 0 Å². The molecule has 0 aliphatic heterocycles. The van der Waals surface area contributed by atoms with Crippen molar-refractivity contribution >= 4 is 45.2 Å². The van der Waals surface area contributed by atoms with Gasteiger partial charge >= 0.3 is 9.05 Å². The Kier molecular flexibility index (Phi) is 13.7. The molecule has 17 heavy (non-hydrogen) atoms. The van der Waals surface area contributed by atoms with Crippen molar-refractivity contribution in [3.05, 3.63) is 0 Å². The third kappa shape index (κ3) is 8.33. The largest absolute Gasteiger partial charge is 0.750 e. The van der Waals surface area contributed by atoms with E-state index in [9.17, 15) is 0 Å². The molecule has 4 nitrogen and oxygen atoms in total. The van der Waals surface area contributed by atoms with Gasteiger partial charge in [0.15, 0.2) is 5.05 Å². The fourth-order valence-electron chi connectivity index (χ4n) is 1.14. The fraction of sp³-hybridized carbons (Fsp3) is 0.900. The van der Waals surface area contributed by atoms with Gasteiger partial charge in [-0.05, 0) is 39.4 Å². The van der Waals surface area contributed by atoms with Gasteiger partial charge < -0.3 is 17.7 Å². The third-order valence-corrected chi connectivity index (χ3v) is 4.51.